The maximum atomic E-state index is 11.5. The lowest BCUT2D eigenvalue weighted by atomic mass is 9.99. The van der Waals surface area contributed by atoms with E-state index in [1.807, 2.05) is 0 Å². The fourth-order valence-corrected chi connectivity index (χ4v) is 2.13. The summed E-state index contributed by atoms with van der Waals surface area (Å²) < 4.78 is 20.6. The zero-order valence-corrected chi connectivity index (χ0v) is 14.9. The van der Waals surface area contributed by atoms with Gasteiger partial charge in [-0.1, -0.05) is 12.7 Å². The number of hydrogen-bond donors (Lipinski definition) is 0. The molecule has 0 aliphatic rings. The molecule has 0 rings (SSSR count). The summed E-state index contributed by atoms with van der Waals surface area (Å²) in [5.74, 6) is -2.69. The Hall–Kier alpha value is -2.64. The second-order valence-electron chi connectivity index (χ2n) is 5.13. The number of hydrogen-bond acceptors (Lipinski definition) is 8. The van der Waals surface area contributed by atoms with E-state index in [1.165, 1.54) is 19.1 Å². The monoisotopic (exact) mass is 356 g/mol. The zero-order valence-electron chi connectivity index (χ0n) is 14.9. The first kappa shape index (κ1) is 22.4. The molecule has 0 aromatic carbocycles. The van der Waals surface area contributed by atoms with Crippen LogP contribution in [0.2, 0.25) is 0 Å². The first-order valence-corrected chi connectivity index (χ1v) is 7.54. The van der Waals surface area contributed by atoms with Gasteiger partial charge in [0.2, 0.25) is 0 Å². The van der Waals surface area contributed by atoms with E-state index in [4.69, 9.17) is 18.9 Å². The van der Waals surface area contributed by atoms with Gasteiger partial charge in [0, 0.05) is 34.1 Å². The highest BCUT2D eigenvalue weighted by Crippen LogP contribution is 2.22. The Bertz CT molecular complexity index is 525. The van der Waals surface area contributed by atoms with Crippen LogP contribution in [0.3, 0.4) is 0 Å². The smallest absolute Gasteiger partial charge is 0.303 e. The molecule has 0 aliphatic heterocycles. The lowest BCUT2D eigenvalue weighted by molar-refractivity contribution is -0.194. The van der Waals surface area contributed by atoms with Gasteiger partial charge in [-0.05, 0) is 6.08 Å². The van der Waals surface area contributed by atoms with Crippen LogP contribution in [0.15, 0.2) is 25.3 Å². The van der Waals surface area contributed by atoms with Crippen molar-refractivity contribution < 1.29 is 38.1 Å². The van der Waals surface area contributed by atoms with Gasteiger partial charge in [-0.2, -0.15) is 0 Å². The van der Waals surface area contributed by atoms with Crippen molar-refractivity contribution in [2.75, 3.05) is 0 Å². The molecule has 0 unspecified atom stereocenters. The van der Waals surface area contributed by atoms with E-state index in [-0.39, 0.29) is 6.42 Å². The molecule has 0 aromatic heterocycles. The Labute approximate surface area is 146 Å². The van der Waals surface area contributed by atoms with Crippen LogP contribution in [0.1, 0.15) is 34.1 Å². The third-order valence-corrected chi connectivity index (χ3v) is 2.87. The Morgan fingerprint density at radius 3 is 1.56 bits per heavy atom. The van der Waals surface area contributed by atoms with Gasteiger partial charge >= 0.3 is 23.9 Å². The van der Waals surface area contributed by atoms with Crippen molar-refractivity contribution in [3.8, 4) is 0 Å². The minimum Gasteiger partial charge on any atom is -0.458 e. The molecule has 0 bridgehead atoms. The van der Waals surface area contributed by atoms with Crippen molar-refractivity contribution in [1.29, 1.82) is 0 Å². The molecule has 0 fully saturated rings. The maximum absolute atomic E-state index is 11.5. The highest BCUT2D eigenvalue weighted by Gasteiger charge is 2.41. The van der Waals surface area contributed by atoms with Gasteiger partial charge < -0.3 is 18.9 Å². The fourth-order valence-electron chi connectivity index (χ4n) is 2.13. The van der Waals surface area contributed by atoms with E-state index in [0.29, 0.717) is 0 Å². The minimum atomic E-state index is -1.26. The van der Waals surface area contributed by atoms with Crippen LogP contribution in [0.4, 0.5) is 0 Å². The highest BCUT2D eigenvalue weighted by molar-refractivity contribution is 5.69. The summed E-state index contributed by atoms with van der Waals surface area (Å²) in [5, 5.41) is 0. The maximum Gasteiger partial charge on any atom is 0.303 e. The van der Waals surface area contributed by atoms with Crippen LogP contribution >= 0.6 is 0 Å². The highest BCUT2D eigenvalue weighted by atomic mass is 16.6. The van der Waals surface area contributed by atoms with Crippen molar-refractivity contribution in [3.63, 3.8) is 0 Å². The number of carbonyl (C=O) groups excluding carboxylic acids is 4. The standard InChI is InChI=1S/C17H24O8/c1-7-9-15(23-11(4)19)17(25-13(6)21)16(24-12(5)20)14(8-2)22-10(3)18/h7-8,14-17H,1-2,9H2,3-6H3/t14-,15-,16+,17-/m1/s1. The van der Waals surface area contributed by atoms with Crippen LogP contribution in [0, 0.1) is 0 Å². The van der Waals surface area contributed by atoms with Gasteiger partial charge in [0.15, 0.2) is 18.3 Å². The second kappa shape index (κ2) is 11.0. The van der Waals surface area contributed by atoms with E-state index < -0.39 is 48.3 Å². The Kier molecular flexibility index (Phi) is 9.85. The summed E-state index contributed by atoms with van der Waals surface area (Å²) in [6.45, 7) is 11.7. The van der Waals surface area contributed by atoms with Crippen molar-refractivity contribution >= 4 is 23.9 Å². The molecule has 0 radical (unpaired) electrons. The summed E-state index contributed by atoms with van der Waals surface area (Å²) in [7, 11) is 0. The lowest BCUT2D eigenvalue weighted by Gasteiger charge is -2.34. The second-order valence-corrected chi connectivity index (χ2v) is 5.13. The Morgan fingerprint density at radius 2 is 1.20 bits per heavy atom. The largest absolute Gasteiger partial charge is 0.458 e. The molecule has 0 heterocycles. The minimum absolute atomic E-state index is 0.110. The van der Waals surface area contributed by atoms with E-state index in [2.05, 4.69) is 13.2 Å². The first-order valence-electron chi connectivity index (χ1n) is 7.54. The van der Waals surface area contributed by atoms with Crippen LogP contribution in [0.5, 0.6) is 0 Å². The van der Waals surface area contributed by atoms with Gasteiger partial charge in [0.25, 0.3) is 0 Å². The molecule has 0 spiro atoms. The quantitative estimate of drug-likeness (QED) is 0.329. The van der Waals surface area contributed by atoms with Gasteiger partial charge in [-0.25, -0.2) is 0 Å². The number of carbonyl (C=O) groups is 4. The Morgan fingerprint density at radius 1 is 0.760 bits per heavy atom. The van der Waals surface area contributed by atoms with E-state index >= 15 is 0 Å². The van der Waals surface area contributed by atoms with E-state index in [0.717, 1.165) is 20.8 Å². The third kappa shape index (κ3) is 8.69. The number of rotatable bonds is 10. The predicted octanol–water partition coefficient (Wildman–Crippen LogP) is 1.48. The molecule has 0 N–H and O–H groups in total. The normalized spacial score (nSPS) is 14.9. The molecule has 25 heavy (non-hydrogen) atoms. The topological polar surface area (TPSA) is 105 Å². The molecule has 0 saturated heterocycles. The average Bonchev–Trinajstić information content (AvgIpc) is 2.47. The van der Waals surface area contributed by atoms with Crippen LogP contribution in [0.25, 0.3) is 0 Å². The zero-order chi connectivity index (χ0) is 19.6. The lowest BCUT2D eigenvalue weighted by Crippen LogP contribution is -2.50. The van der Waals surface area contributed by atoms with Gasteiger partial charge in [-0.3, -0.25) is 19.2 Å². The summed E-state index contributed by atoms with van der Waals surface area (Å²) in [6, 6.07) is 0. The molecule has 0 aromatic rings. The van der Waals surface area contributed by atoms with Crippen molar-refractivity contribution in [2.45, 2.75) is 58.5 Å². The predicted molar refractivity (Wildman–Crippen MR) is 87.2 cm³/mol. The number of esters is 4. The summed E-state index contributed by atoms with van der Waals surface area (Å²) >= 11 is 0. The summed E-state index contributed by atoms with van der Waals surface area (Å²) in [5.41, 5.74) is 0. The van der Waals surface area contributed by atoms with Crippen molar-refractivity contribution in [1.82, 2.24) is 0 Å². The van der Waals surface area contributed by atoms with Crippen LogP contribution < -0.4 is 0 Å². The Balaban J connectivity index is 5.92. The van der Waals surface area contributed by atoms with Gasteiger partial charge in [-0.15, -0.1) is 6.58 Å². The third-order valence-electron chi connectivity index (χ3n) is 2.87. The van der Waals surface area contributed by atoms with Crippen LogP contribution in [-0.4, -0.2) is 48.3 Å². The molecule has 8 heteroatoms. The fraction of sp³-hybridized carbons (Fsp3) is 0.529. The molecule has 0 aliphatic carbocycles. The SMILES string of the molecule is C=CC[C@@H](OC(C)=O)[C@@H](OC(C)=O)[C@@H](OC(C)=O)[C@@H](C=C)OC(C)=O. The molecule has 140 valence electrons. The van der Waals surface area contributed by atoms with Crippen LogP contribution in [-0.2, 0) is 38.1 Å². The van der Waals surface area contributed by atoms with E-state index in [1.54, 1.807) is 0 Å². The average molecular weight is 356 g/mol. The molecule has 8 nitrogen and oxygen atoms in total. The molecule has 0 saturated carbocycles. The summed E-state index contributed by atoms with van der Waals surface area (Å²) in [6.07, 6.45) is -1.82. The van der Waals surface area contributed by atoms with Gasteiger partial charge in [0.05, 0.1) is 0 Å². The van der Waals surface area contributed by atoms with Gasteiger partial charge in [0.1, 0.15) is 6.10 Å². The van der Waals surface area contributed by atoms with Crippen molar-refractivity contribution in [2.24, 2.45) is 0 Å². The summed E-state index contributed by atoms with van der Waals surface area (Å²) in [4.78, 5) is 45.7. The molecular weight excluding hydrogens is 332 g/mol. The molecule has 4 atom stereocenters. The van der Waals surface area contributed by atoms with Crippen molar-refractivity contribution in [3.05, 3.63) is 25.3 Å². The molecular formula is C17H24O8. The number of ether oxygens (including phenoxy) is 4. The van der Waals surface area contributed by atoms with E-state index in [9.17, 15) is 19.2 Å². The first-order chi connectivity index (χ1) is 11.6. The molecule has 0 amide bonds.